The van der Waals surface area contributed by atoms with Gasteiger partial charge in [0.2, 0.25) is 5.91 Å². The number of amides is 2. The van der Waals surface area contributed by atoms with Crippen molar-refractivity contribution in [1.29, 1.82) is 0 Å². The fourth-order valence-electron chi connectivity index (χ4n) is 4.70. The second-order valence-electron chi connectivity index (χ2n) is 8.54. The number of thiazole rings is 1. The molecule has 0 radical (unpaired) electrons. The Labute approximate surface area is 197 Å². The van der Waals surface area contributed by atoms with Crippen LogP contribution >= 0.6 is 11.3 Å². The number of anilines is 2. The largest absolute Gasteiger partial charge is 0.478 e. The van der Waals surface area contributed by atoms with E-state index in [4.69, 9.17) is 4.74 Å². The third-order valence-electron chi connectivity index (χ3n) is 6.31. The summed E-state index contributed by atoms with van der Waals surface area (Å²) in [5.74, 6) is 0.373. The zero-order valence-electron chi connectivity index (χ0n) is 19.1. The molecular formula is C26H27N3O3S. The molecule has 6 nitrogen and oxygen atoms in total. The number of hydrogen-bond donors (Lipinski definition) is 0. The van der Waals surface area contributed by atoms with Crippen molar-refractivity contribution >= 4 is 34.5 Å². The second-order valence-corrected chi connectivity index (χ2v) is 9.94. The molecule has 170 valence electrons. The smallest absolute Gasteiger partial charge is 0.268 e. The van der Waals surface area contributed by atoms with Gasteiger partial charge < -0.3 is 9.64 Å². The zero-order valence-corrected chi connectivity index (χ0v) is 19.9. The van der Waals surface area contributed by atoms with Gasteiger partial charge in [-0.2, -0.15) is 0 Å². The number of carbonyl (C=O) groups is 2. The lowest BCUT2D eigenvalue weighted by Crippen LogP contribution is -2.51. The lowest BCUT2D eigenvalue weighted by atomic mass is 10.0. The topological polar surface area (TPSA) is 62.7 Å². The first-order valence-electron chi connectivity index (χ1n) is 11.4. The van der Waals surface area contributed by atoms with E-state index in [1.54, 1.807) is 16.2 Å². The molecule has 0 fully saturated rings. The molecule has 2 aliphatic rings. The summed E-state index contributed by atoms with van der Waals surface area (Å²) in [5.41, 5.74) is 4.58. The predicted molar refractivity (Wildman–Crippen MR) is 131 cm³/mol. The van der Waals surface area contributed by atoms with Crippen LogP contribution in [0.25, 0.3) is 11.3 Å². The normalized spacial score (nSPS) is 17.4. The number of ether oxygens (including phenoxy) is 1. The van der Waals surface area contributed by atoms with Gasteiger partial charge in [0.25, 0.3) is 5.91 Å². The van der Waals surface area contributed by atoms with Crippen LogP contribution in [0, 0.1) is 13.8 Å². The van der Waals surface area contributed by atoms with Crippen LogP contribution in [-0.4, -0.2) is 36.0 Å². The van der Waals surface area contributed by atoms with Gasteiger partial charge in [-0.15, -0.1) is 11.3 Å². The van der Waals surface area contributed by atoms with Gasteiger partial charge >= 0.3 is 0 Å². The van der Waals surface area contributed by atoms with Crippen LogP contribution in [0.3, 0.4) is 0 Å². The Balaban J connectivity index is 1.51. The van der Waals surface area contributed by atoms with Crippen molar-refractivity contribution in [2.75, 3.05) is 22.9 Å². The summed E-state index contributed by atoms with van der Waals surface area (Å²) in [4.78, 5) is 36.0. The van der Waals surface area contributed by atoms with Gasteiger partial charge in [0.05, 0.1) is 16.4 Å². The van der Waals surface area contributed by atoms with Gasteiger partial charge in [-0.1, -0.05) is 25.1 Å². The van der Waals surface area contributed by atoms with Crippen LogP contribution in [0.4, 0.5) is 11.4 Å². The maximum Gasteiger partial charge on any atom is 0.268 e. The van der Waals surface area contributed by atoms with Crippen molar-refractivity contribution in [3.8, 4) is 17.0 Å². The molecule has 33 heavy (non-hydrogen) atoms. The van der Waals surface area contributed by atoms with Crippen molar-refractivity contribution in [2.45, 2.75) is 46.1 Å². The molecule has 2 aromatic carbocycles. The molecule has 0 aliphatic carbocycles. The first kappa shape index (κ1) is 21.6. The number of carbonyl (C=O) groups excluding carboxylic acids is 2. The van der Waals surface area contributed by atoms with E-state index in [9.17, 15) is 9.59 Å². The van der Waals surface area contributed by atoms with Gasteiger partial charge in [0.1, 0.15) is 12.3 Å². The summed E-state index contributed by atoms with van der Waals surface area (Å²) in [7, 11) is 0. The molecule has 0 N–H and O–H groups in total. The summed E-state index contributed by atoms with van der Waals surface area (Å²) in [6.45, 7) is 6.60. The minimum atomic E-state index is -0.590. The highest BCUT2D eigenvalue weighted by atomic mass is 32.1. The van der Waals surface area contributed by atoms with Crippen LogP contribution < -0.4 is 14.5 Å². The maximum atomic E-state index is 13.5. The number of rotatable bonds is 4. The first-order chi connectivity index (χ1) is 16.0. The van der Waals surface area contributed by atoms with Gasteiger partial charge in [-0.3, -0.25) is 14.5 Å². The molecule has 1 atom stereocenters. The lowest BCUT2D eigenvalue weighted by molar-refractivity contribution is -0.128. The number of para-hydroxylation sites is 1. The molecule has 2 aliphatic heterocycles. The van der Waals surface area contributed by atoms with E-state index in [0.29, 0.717) is 24.4 Å². The number of aromatic nitrogens is 1. The lowest BCUT2D eigenvalue weighted by Gasteiger charge is -2.36. The Morgan fingerprint density at radius 2 is 2.00 bits per heavy atom. The molecule has 5 rings (SSSR count). The Morgan fingerprint density at radius 1 is 1.18 bits per heavy atom. The van der Waals surface area contributed by atoms with Crippen molar-refractivity contribution < 1.29 is 14.3 Å². The molecule has 3 heterocycles. The first-order valence-corrected chi connectivity index (χ1v) is 12.2. The van der Waals surface area contributed by atoms with Crippen LogP contribution in [0.1, 0.15) is 35.2 Å². The Kier molecular flexibility index (Phi) is 5.66. The summed E-state index contributed by atoms with van der Waals surface area (Å²) >= 11 is 1.65. The Hall–Kier alpha value is -3.19. The molecule has 1 aromatic heterocycles. The molecule has 0 bridgehead atoms. The Bertz CT molecular complexity index is 1240. The van der Waals surface area contributed by atoms with Gasteiger partial charge in [0, 0.05) is 22.7 Å². The summed E-state index contributed by atoms with van der Waals surface area (Å²) < 4.78 is 6.00. The molecule has 2 amide bonds. The maximum absolute atomic E-state index is 13.5. The van der Waals surface area contributed by atoms with E-state index in [0.717, 1.165) is 39.7 Å². The molecule has 3 aromatic rings. The molecule has 0 spiro atoms. The molecular weight excluding hydrogens is 434 g/mol. The Morgan fingerprint density at radius 3 is 2.76 bits per heavy atom. The van der Waals surface area contributed by atoms with Crippen molar-refractivity contribution in [1.82, 2.24) is 4.98 Å². The van der Waals surface area contributed by atoms with E-state index < -0.39 is 6.10 Å². The highest BCUT2D eigenvalue weighted by Crippen LogP contribution is 2.39. The van der Waals surface area contributed by atoms with E-state index in [1.807, 2.05) is 62.1 Å². The SMILES string of the molecule is CCC1Oc2ccc(-c3nc(C)sc3C)cc2N(CC(=O)N2CCCc3ccccc32)C1=O. The van der Waals surface area contributed by atoms with Crippen LogP contribution in [0.5, 0.6) is 5.75 Å². The standard InChI is InChI=1S/C26H27N3O3S/c1-4-22-26(31)29(15-24(30)28-13-7-9-18-8-5-6-10-20(18)28)21-14-19(11-12-23(21)32-22)25-16(2)33-17(3)27-25/h5-6,8,10-12,14,22H,4,7,9,13,15H2,1-3H3. The van der Waals surface area contributed by atoms with Crippen LogP contribution in [0.15, 0.2) is 42.5 Å². The van der Waals surface area contributed by atoms with Crippen molar-refractivity contribution in [3.63, 3.8) is 0 Å². The van der Waals surface area contributed by atoms with Crippen molar-refractivity contribution in [2.24, 2.45) is 0 Å². The third kappa shape index (κ3) is 3.91. The fraction of sp³-hybridized carbons (Fsp3) is 0.346. The van der Waals surface area contributed by atoms with E-state index in [-0.39, 0.29) is 18.4 Å². The molecule has 0 saturated carbocycles. The summed E-state index contributed by atoms with van der Waals surface area (Å²) in [5, 5.41) is 0.995. The number of aryl methyl sites for hydroxylation is 3. The number of benzene rings is 2. The third-order valence-corrected chi connectivity index (χ3v) is 7.20. The van der Waals surface area contributed by atoms with E-state index in [2.05, 4.69) is 11.1 Å². The molecule has 7 heteroatoms. The van der Waals surface area contributed by atoms with Gasteiger partial charge in [-0.25, -0.2) is 4.98 Å². The second kappa shape index (κ2) is 8.63. The number of fused-ring (bicyclic) bond motifs is 2. The van der Waals surface area contributed by atoms with Gasteiger partial charge in [0.15, 0.2) is 6.10 Å². The molecule has 1 unspecified atom stereocenters. The van der Waals surface area contributed by atoms with Crippen LogP contribution in [-0.2, 0) is 16.0 Å². The zero-order chi connectivity index (χ0) is 23.1. The number of hydrogen-bond acceptors (Lipinski definition) is 5. The average molecular weight is 462 g/mol. The highest BCUT2D eigenvalue weighted by molar-refractivity contribution is 7.11. The number of nitrogens with zero attached hydrogens (tertiary/aromatic N) is 3. The summed E-state index contributed by atoms with van der Waals surface area (Å²) in [6.07, 6.45) is 1.84. The fourth-order valence-corrected chi connectivity index (χ4v) is 5.54. The predicted octanol–water partition coefficient (Wildman–Crippen LogP) is 4.91. The average Bonchev–Trinajstić information content (AvgIpc) is 3.17. The van der Waals surface area contributed by atoms with Gasteiger partial charge in [-0.05, 0) is 62.9 Å². The minimum absolute atomic E-state index is 0.0153. The summed E-state index contributed by atoms with van der Waals surface area (Å²) in [6, 6.07) is 13.8. The van der Waals surface area contributed by atoms with E-state index in [1.165, 1.54) is 5.56 Å². The van der Waals surface area contributed by atoms with Crippen LogP contribution in [0.2, 0.25) is 0 Å². The van der Waals surface area contributed by atoms with E-state index >= 15 is 0 Å². The van der Waals surface area contributed by atoms with Crippen molar-refractivity contribution in [3.05, 3.63) is 57.9 Å². The quantitative estimate of drug-likeness (QED) is 0.554. The minimum Gasteiger partial charge on any atom is -0.478 e. The monoisotopic (exact) mass is 461 g/mol. The molecule has 0 saturated heterocycles. The highest BCUT2D eigenvalue weighted by Gasteiger charge is 2.36.